The maximum Gasteiger partial charge on any atom is 0.340 e. The summed E-state index contributed by atoms with van der Waals surface area (Å²) in [4.78, 5) is 20.1. The third-order valence-corrected chi connectivity index (χ3v) is 3.08. The van der Waals surface area contributed by atoms with Crippen LogP contribution in [0, 0.1) is 6.92 Å². The molecule has 0 aliphatic carbocycles. The molecule has 0 fully saturated rings. The number of halogens is 1. The number of carbonyl (C=O) groups is 1. The third-order valence-electron chi connectivity index (χ3n) is 2.87. The van der Waals surface area contributed by atoms with Gasteiger partial charge < -0.3 is 9.47 Å². The predicted octanol–water partition coefficient (Wildman–Crippen LogP) is 3.29. The highest BCUT2D eigenvalue weighted by Gasteiger charge is 2.18. The van der Waals surface area contributed by atoms with E-state index in [0.717, 1.165) is 5.69 Å². The van der Waals surface area contributed by atoms with Gasteiger partial charge in [0.25, 0.3) is 0 Å². The van der Waals surface area contributed by atoms with Crippen LogP contribution in [0.3, 0.4) is 0 Å². The Balaban J connectivity index is 2.67. The van der Waals surface area contributed by atoms with Gasteiger partial charge in [0.05, 0.1) is 25.5 Å². The second kappa shape index (κ2) is 6.54. The first-order chi connectivity index (χ1) is 10.1. The fourth-order valence-corrected chi connectivity index (χ4v) is 2.11. The summed E-state index contributed by atoms with van der Waals surface area (Å²) in [5.74, 6) is 0.0885. The molecule has 110 valence electrons. The first-order valence-corrected chi connectivity index (χ1v) is 6.78. The highest BCUT2D eigenvalue weighted by molar-refractivity contribution is 6.29. The fourth-order valence-electron chi connectivity index (χ4n) is 1.95. The van der Waals surface area contributed by atoms with Crippen LogP contribution in [0.4, 0.5) is 0 Å². The zero-order valence-corrected chi connectivity index (χ0v) is 12.8. The zero-order chi connectivity index (χ0) is 15.4. The number of hydrogen-bond acceptors (Lipinski definition) is 5. The number of nitrogens with zero attached hydrogens (tertiary/aromatic N) is 2. The second-order valence-corrected chi connectivity index (χ2v) is 4.69. The first kappa shape index (κ1) is 15.3. The molecule has 6 heteroatoms. The number of aromatic nitrogens is 2. The van der Waals surface area contributed by atoms with E-state index in [1.807, 2.05) is 13.8 Å². The van der Waals surface area contributed by atoms with Crippen molar-refractivity contribution in [2.24, 2.45) is 0 Å². The van der Waals surface area contributed by atoms with E-state index in [4.69, 9.17) is 21.1 Å². The van der Waals surface area contributed by atoms with Crippen molar-refractivity contribution >= 4 is 17.6 Å². The molecule has 0 spiro atoms. The smallest absolute Gasteiger partial charge is 0.340 e. The average molecular weight is 307 g/mol. The van der Waals surface area contributed by atoms with Gasteiger partial charge in [0.15, 0.2) is 0 Å². The van der Waals surface area contributed by atoms with E-state index in [1.54, 1.807) is 12.1 Å². The normalized spacial score (nSPS) is 10.3. The van der Waals surface area contributed by atoms with Gasteiger partial charge in [-0.15, -0.1) is 0 Å². The molecule has 0 aliphatic rings. The van der Waals surface area contributed by atoms with Crippen molar-refractivity contribution in [2.75, 3.05) is 13.7 Å². The quantitative estimate of drug-likeness (QED) is 0.640. The lowest BCUT2D eigenvalue weighted by Gasteiger charge is -2.13. The predicted molar refractivity (Wildman–Crippen MR) is 79.7 cm³/mol. The Bertz CT molecular complexity index is 674. The summed E-state index contributed by atoms with van der Waals surface area (Å²) in [6, 6.07) is 3.45. The molecule has 0 aliphatic heterocycles. The molecule has 0 amide bonds. The van der Waals surface area contributed by atoms with Crippen molar-refractivity contribution in [3.8, 4) is 16.9 Å². The Kier molecular flexibility index (Phi) is 4.75. The highest BCUT2D eigenvalue weighted by Crippen LogP contribution is 2.34. The average Bonchev–Trinajstić information content (AvgIpc) is 2.48. The zero-order valence-electron chi connectivity index (χ0n) is 12.0. The molecule has 21 heavy (non-hydrogen) atoms. The Hall–Kier alpha value is -2.14. The number of ether oxygens (including phenoxy) is 2. The van der Waals surface area contributed by atoms with Gasteiger partial charge in [0, 0.05) is 23.0 Å². The van der Waals surface area contributed by atoms with Gasteiger partial charge in [0.1, 0.15) is 10.9 Å². The summed E-state index contributed by atoms with van der Waals surface area (Å²) >= 11 is 5.97. The summed E-state index contributed by atoms with van der Waals surface area (Å²) in [6.07, 6.45) is 3.03. The first-order valence-electron chi connectivity index (χ1n) is 6.40. The molecule has 0 saturated carbocycles. The van der Waals surface area contributed by atoms with E-state index in [0.29, 0.717) is 34.2 Å². The van der Waals surface area contributed by atoms with Gasteiger partial charge in [-0.3, -0.25) is 4.98 Å². The molecule has 5 nitrogen and oxygen atoms in total. The van der Waals surface area contributed by atoms with Gasteiger partial charge in [-0.1, -0.05) is 11.6 Å². The Labute approximate surface area is 127 Å². The summed E-state index contributed by atoms with van der Waals surface area (Å²) in [5, 5.41) is 0.318. The van der Waals surface area contributed by atoms with Crippen LogP contribution in [0.15, 0.2) is 24.5 Å². The van der Waals surface area contributed by atoms with Crippen LogP contribution in [-0.4, -0.2) is 29.7 Å². The number of pyridine rings is 2. The van der Waals surface area contributed by atoms with E-state index in [1.165, 1.54) is 19.5 Å². The van der Waals surface area contributed by atoms with Crippen LogP contribution in [0.25, 0.3) is 11.1 Å². The lowest BCUT2D eigenvalue weighted by Crippen LogP contribution is -2.06. The van der Waals surface area contributed by atoms with Crippen LogP contribution < -0.4 is 4.74 Å². The minimum absolute atomic E-state index is 0.318. The molecule has 0 saturated heterocycles. The number of methoxy groups -OCH3 is 1. The minimum Gasteiger partial charge on any atom is -0.492 e. The van der Waals surface area contributed by atoms with E-state index in [-0.39, 0.29) is 0 Å². The van der Waals surface area contributed by atoms with Crippen LogP contribution in [0.5, 0.6) is 5.75 Å². The Morgan fingerprint density at radius 3 is 2.67 bits per heavy atom. The number of carbonyl (C=O) groups excluding carboxylic acids is 1. The van der Waals surface area contributed by atoms with E-state index >= 15 is 0 Å². The van der Waals surface area contributed by atoms with Crippen molar-refractivity contribution in [2.45, 2.75) is 13.8 Å². The second-order valence-electron chi connectivity index (χ2n) is 4.30. The molecule has 0 atom stereocenters. The molecule has 2 heterocycles. The fraction of sp³-hybridized carbons (Fsp3) is 0.267. The van der Waals surface area contributed by atoms with Gasteiger partial charge >= 0.3 is 5.97 Å². The van der Waals surface area contributed by atoms with E-state index < -0.39 is 5.97 Å². The number of esters is 1. The van der Waals surface area contributed by atoms with Crippen LogP contribution in [-0.2, 0) is 4.74 Å². The number of aryl methyl sites for hydroxylation is 1. The third kappa shape index (κ3) is 3.31. The SMILES string of the molecule is CCOc1cnc(Cl)cc1-c1cc(C)ncc1C(=O)OC. The van der Waals surface area contributed by atoms with Crippen molar-refractivity contribution in [1.82, 2.24) is 9.97 Å². The lowest BCUT2D eigenvalue weighted by atomic mass is 10.0. The molecule has 2 aromatic rings. The van der Waals surface area contributed by atoms with Crippen LogP contribution >= 0.6 is 11.6 Å². The van der Waals surface area contributed by atoms with E-state index in [9.17, 15) is 4.79 Å². The van der Waals surface area contributed by atoms with Crippen molar-refractivity contribution in [3.05, 3.63) is 40.9 Å². The standard InChI is InChI=1S/C15H15ClN2O3/c1-4-21-13-8-18-14(16)6-11(13)10-5-9(2)17-7-12(10)15(19)20-3/h5-8H,4H2,1-3H3. The van der Waals surface area contributed by atoms with Gasteiger partial charge in [0.2, 0.25) is 0 Å². The highest BCUT2D eigenvalue weighted by atomic mass is 35.5. The van der Waals surface area contributed by atoms with Crippen molar-refractivity contribution in [3.63, 3.8) is 0 Å². The molecule has 0 radical (unpaired) electrons. The molecule has 2 rings (SSSR count). The number of hydrogen-bond donors (Lipinski definition) is 0. The Morgan fingerprint density at radius 1 is 1.24 bits per heavy atom. The summed E-state index contributed by atoms with van der Waals surface area (Å²) < 4.78 is 10.4. The molecular weight excluding hydrogens is 292 g/mol. The largest absolute Gasteiger partial charge is 0.492 e. The maximum absolute atomic E-state index is 11.9. The van der Waals surface area contributed by atoms with Crippen molar-refractivity contribution < 1.29 is 14.3 Å². The summed E-state index contributed by atoms with van der Waals surface area (Å²) in [5.41, 5.74) is 2.46. The molecule has 0 bridgehead atoms. The summed E-state index contributed by atoms with van der Waals surface area (Å²) in [7, 11) is 1.33. The maximum atomic E-state index is 11.9. The molecular formula is C15H15ClN2O3. The molecule has 0 unspecified atom stereocenters. The Morgan fingerprint density at radius 2 is 2.00 bits per heavy atom. The minimum atomic E-state index is -0.465. The van der Waals surface area contributed by atoms with Gasteiger partial charge in [-0.2, -0.15) is 0 Å². The van der Waals surface area contributed by atoms with Crippen LogP contribution in [0.1, 0.15) is 23.0 Å². The van der Waals surface area contributed by atoms with Gasteiger partial charge in [-0.05, 0) is 26.0 Å². The van der Waals surface area contributed by atoms with Crippen molar-refractivity contribution in [1.29, 1.82) is 0 Å². The van der Waals surface area contributed by atoms with Crippen LogP contribution in [0.2, 0.25) is 5.15 Å². The topological polar surface area (TPSA) is 61.3 Å². The van der Waals surface area contributed by atoms with Gasteiger partial charge in [-0.25, -0.2) is 9.78 Å². The monoisotopic (exact) mass is 306 g/mol. The molecule has 0 aromatic carbocycles. The number of rotatable bonds is 4. The molecule has 0 N–H and O–H groups in total. The lowest BCUT2D eigenvalue weighted by molar-refractivity contribution is 0.0601. The summed E-state index contributed by atoms with van der Waals surface area (Å²) in [6.45, 7) is 4.19. The van der Waals surface area contributed by atoms with E-state index in [2.05, 4.69) is 9.97 Å². The molecule has 2 aromatic heterocycles.